The smallest absolute Gasteiger partial charge is 0.0616 e. The van der Waals surface area contributed by atoms with Crippen molar-refractivity contribution in [1.29, 1.82) is 0 Å². The van der Waals surface area contributed by atoms with Crippen molar-refractivity contribution in [3.63, 3.8) is 0 Å². The van der Waals surface area contributed by atoms with Gasteiger partial charge in [0.25, 0.3) is 0 Å². The second-order valence-corrected chi connectivity index (χ2v) is 14.9. The van der Waals surface area contributed by atoms with Gasteiger partial charge in [0, 0.05) is 44.0 Å². The standard InChI is InChI=1S/C54H38N2/c1-5-17-41-33-45(29-25-37(41)13-1)55(46-30-26-38-14-2-6-18-42(38)34-46)53-49-21-9-11-23-51(49)54(52-24-12-10-22-50(52)53)56(47-31-27-39-15-3-7-19-43(39)35-47)48-32-28-40-16-4-8-20-44(40)36-48/h1-9,11,13-36H,10,12H2. The van der Waals surface area contributed by atoms with E-state index in [0.717, 1.165) is 35.6 Å². The van der Waals surface area contributed by atoms with Crippen molar-refractivity contribution in [2.75, 3.05) is 9.80 Å². The molecule has 0 unspecified atom stereocenters. The molecule has 1 aliphatic carbocycles. The van der Waals surface area contributed by atoms with E-state index in [0.29, 0.717) is 0 Å². The highest BCUT2D eigenvalue weighted by atomic mass is 15.2. The van der Waals surface area contributed by atoms with Crippen molar-refractivity contribution in [2.24, 2.45) is 0 Å². The second kappa shape index (κ2) is 13.3. The molecule has 1 aliphatic rings. The summed E-state index contributed by atoms with van der Waals surface area (Å²) in [5.41, 5.74) is 6.96. The Morgan fingerprint density at radius 1 is 0.268 bits per heavy atom. The van der Waals surface area contributed by atoms with Crippen LogP contribution < -0.4 is 20.2 Å². The van der Waals surface area contributed by atoms with Gasteiger partial charge >= 0.3 is 0 Å². The highest BCUT2D eigenvalue weighted by Crippen LogP contribution is 2.44. The van der Waals surface area contributed by atoms with E-state index in [1.807, 2.05) is 0 Å². The summed E-state index contributed by atoms with van der Waals surface area (Å²) in [5.74, 6) is 0. The van der Waals surface area contributed by atoms with Gasteiger partial charge in [0.15, 0.2) is 0 Å². The summed E-state index contributed by atoms with van der Waals surface area (Å²) in [7, 11) is 0. The molecule has 0 spiro atoms. The van der Waals surface area contributed by atoms with Gasteiger partial charge in [-0.2, -0.15) is 0 Å². The third kappa shape index (κ3) is 5.41. The van der Waals surface area contributed by atoms with E-state index in [1.165, 1.54) is 75.7 Å². The number of rotatable bonds is 6. The molecule has 56 heavy (non-hydrogen) atoms. The van der Waals surface area contributed by atoms with Crippen LogP contribution in [0.1, 0.15) is 12.8 Å². The monoisotopic (exact) mass is 714 g/mol. The minimum atomic E-state index is 0.979. The van der Waals surface area contributed by atoms with Crippen LogP contribution in [-0.4, -0.2) is 0 Å². The van der Waals surface area contributed by atoms with Gasteiger partial charge in [-0.25, -0.2) is 0 Å². The zero-order valence-corrected chi connectivity index (χ0v) is 30.9. The van der Waals surface area contributed by atoms with Crippen molar-refractivity contribution in [1.82, 2.24) is 0 Å². The number of anilines is 6. The lowest BCUT2D eigenvalue weighted by molar-refractivity contribution is 1.11. The summed E-state index contributed by atoms with van der Waals surface area (Å²) in [4.78, 5) is 5.02. The molecule has 0 radical (unpaired) electrons. The van der Waals surface area contributed by atoms with E-state index < -0.39 is 0 Å². The molecule has 0 saturated heterocycles. The van der Waals surface area contributed by atoms with Crippen LogP contribution in [0.4, 0.5) is 34.1 Å². The highest BCUT2D eigenvalue weighted by molar-refractivity contribution is 6.10. The molecule has 0 bridgehead atoms. The molecule has 0 aliphatic heterocycles. The summed E-state index contributed by atoms with van der Waals surface area (Å²) in [6.45, 7) is 0. The molecule has 0 N–H and O–H groups in total. The number of hydrogen-bond acceptors (Lipinski definition) is 2. The zero-order chi connectivity index (χ0) is 37.0. The fourth-order valence-corrected chi connectivity index (χ4v) is 8.87. The number of fused-ring (bicyclic) bond motifs is 6. The topological polar surface area (TPSA) is 6.48 Å². The normalized spacial score (nSPS) is 12.4. The Labute approximate surface area is 326 Å². The fraction of sp³-hybridized carbons (Fsp3) is 0.0370. The molecule has 0 atom stereocenters. The SMILES string of the molecule is C1=c2c(N(c3ccc4ccccc4c3)c3ccc4ccccc4c3)c3ccccc3c(N(c3ccc4ccccc4c3)c3ccc4ccccc4c3)c2=CCC1. The molecule has 0 fully saturated rings. The molecule has 0 amide bonds. The van der Waals surface area contributed by atoms with Crippen LogP contribution in [0.25, 0.3) is 66.0 Å². The van der Waals surface area contributed by atoms with Crippen LogP contribution in [0.5, 0.6) is 0 Å². The lowest BCUT2D eigenvalue weighted by Crippen LogP contribution is -2.36. The highest BCUT2D eigenvalue weighted by Gasteiger charge is 2.25. The minimum Gasteiger partial charge on any atom is -0.309 e. The molecule has 11 rings (SSSR count). The molecule has 0 saturated carbocycles. The van der Waals surface area contributed by atoms with Gasteiger partial charge in [-0.3, -0.25) is 0 Å². The van der Waals surface area contributed by atoms with Gasteiger partial charge in [0.05, 0.1) is 11.4 Å². The van der Waals surface area contributed by atoms with Gasteiger partial charge in [-0.05, 0) is 104 Å². The lowest BCUT2D eigenvalue weighted by Gasteiger charge is -2.33. The molecule has 264 valence electrons. The quantitative estimate of drug-likeness (QED) is 0.158. The van der Waals surface area contributed by atoms with Crippen LogP contribution in [0, 0.1) is 0 Å². The summed E-state index contributed by atoms with van der Waals surface area (Å²) >= 11 is 0. The van der Waals surface area contributed by atoms with E-state index in [2.05, 4.69) is 216 Å². The molecule has 2 heteroatoms. The molecule has 2 nitrogen and oxygen atoms in total. The van der Waals surface area contributed by atoms with E-state index in [4.69, 9.17) is 0 Å². The molecule has 10 aromatic rings. The first-order valence-corrected chi connectivity index (χ1v) is 19.6. The molecule has 10 aromatic carbocycles. The number of hydrogen-bond donors (Lipinski definition) is 0. The summed E-state index contributed by atoms with van der Waals surface area (Å²) in [6.07, 6.45) is 6.92. The van der Waals surface area contributed by atoms with Crippen LogP contribution in [0.2, 0.25) is 0 Å². The molecular formula is C54H38N2. The Hall–Kier alpha value is -7.16. The van der Waals surface area contributed by atoms with E-state index in [-0.39, 0.29) is 0 Å². The fourth-order valence-electron chi connectivity index (χ4n) is 8.87. The first-order chi connectivity index (χ1) is 27.8. The predicted octanol–water partition coefficient (Wildman–Crippen LogP) is 13.7. The Morgan fingerprint density at radius 3 is 0.839 bits per heavy atom. The zero-order valence-electron chi connectivity index (χ0n) is 30.9. The number of benzene rings is 10. The van der Waals surface area contributed by atoms with Gasteiger partial charge in [0.1, 0.15) is 0 Å². The minimum absolute atomic E-state index is 0.979. The molecule has 0 aromatic heterocycles. The third-order valence-corrected chi connectivity index (χ3v) is 11.5. The summed E-state index contributed by atoms with van der Waals surface area (Å²) < 4.78 is 0. The van der Waals surface area contributed by atoms with Crippen LogP contribution in [-0.2, 0) is 0 Å². The Kier molecular flexibility index (Phi) is 7.67. The summed E-state index contributed by atoms with van der Waals surface area (Å²) in [6, 6.07) is 71.3. The maximum atomic E-state index is 2.51. The average molecular weight is 715 g/mol. The van der Waals surface area contributed by atoms with Crippen LogP contribution in [0.15, 0.2) is 194 Å². The maximum Gasteiger partial charge on any atom is 0.0616 e. The van der Waals surface area contributed by atoms with Crippen molar-refractivity contribution in [2.45, 2.75) is 12.8 Å². The van der Waals surface area contributed by atoms with Crippen molar-refractivity contribution < 1.29 is 0 Å². The first kappa shape index (κ1) is 32.3. The second-order valence-electron chi connectivity index (χ2n) is 14.9. The lowest BCUT2D eigenvalue weighted by atomic mass is 9.94. The van der Waals surface area contributed by atoms with Crippen molar-refractivity contribution in [3.05, 3.63) is 205 Å². The first-order valence-electron chi connectivity index (χ1n) is 19.6. The van der Waals surface area contributed by atoms with Gasteiger partial charge < -0.3 is 9.80 Å². The number of nitrogens with zero attached hydrogens (tertiary/aromatic N) is 2. The average Bonchev–Trinajstić information content (AvgIpc) is 3.27. The molecular weight excluding hydrogens is 677 g/mol. The largest absolute Gasteiger partial charge is 0.309 e. The van der Waals surface area contributed by atoms with Crippen LogP contribution >= 0.6 is 0 Å². The maximum absolute atomic E-state index is 2.51. The van der Waals surface area contributed by atoms with E-state index in [1.54, 1.807) is 0 Å². The van der Waals surface area contributed by atoms with E-state index in [9.17, 15) is 0 Å². The van der Waals surface area contributed by atoms with Gasteiger partial charge in [-0.1, -0.05) is 158 Å². The Bertz CT molecular complexity index is 2910. The van der Waals surface area contributed by atoms with Crippen molar-refractivity contribution in [3.8, 4) is 0 Å². The summed E-state index contributed by atoms with van der Waals surface area (Å²) in [5, 5.41) is 14.8. The van der Waals surface area contributed by atoms with E-state index >= 15 is 0 Å². The Morgan fingerprint density at radius 2 is 0.536 bits per heavy atom. The van der Waals surface area contributed by atoms with Crippen molar-refractivity contribution >= 4 is 100 Å². The van der Waals surface area contributed by atoms with Gasteiger partial charge in [0.2, 0.25) is 0 Å². The van der Waals surface area contributed by atoms with Crippen LogP contribution in [0.3, 0.4) is 0 Å². The molecule has 0 heterocycles. The third-order valence-electron chi connectivity index (χ3n) is 11.5. The predicted molar refractivity (Wildman–Crippen MR) is 241 cm³/mol. The van der Waals surface area contributed by atoms with Gasteiger partial charge in [-0.15, -0.1) is 0 Å². The Balaban J connectivity index is 1.25.